The molecule has 6 N–H and O–H groups in total. The van der Waals surface area contributed by atoms with Crippen LogP contribution in [0.25, 0.3) is 0 Å². The van der Waals surface area contributed by atoms with Crippen LogP contribution in [-0.4, -0.2) is 153 Å². The van der Waals surface area contributed by atoms with Crippen LogP contribution in [0, 0.1) is 52.8 Å². The third-order valence-corrected chi connectivity index (χ3v) is 19.7. The topological polar surface area (TPSA) is 247 Å². The summed E-state index contributed by atoms with van der Waals surface area (Å²) in [4.78, 5) is 42.5. The van der Waals surface area contributed by atoms with Gasteiger partial charge in [0, 0.05) is 68.1 Å². The fraction of sp³-hybridized carbons (Fsp3) is 0.790. The summed E-state index contributed by atoms with van der Waals surface area (Å²) >= 11 is 0. The van der Waals surface area contributed by atoms with Crippen molar-refractivity contribution in [1.82, 2.24) is 5.32 Å². The first-order valence-electron chi connectivity index (χ1n) is 29.9. The molecule has 5 heterocycles. The molecule has 5 aliphatic heterocycles. The van der Waals surface area contributed by atoms with Gasteiger partial charge in [0.2, 0.25) is 11.7 Å². The van der Waals surface area contributed by atoms with Crippen LogP contribution in [0.15, 0.2) is 58.9 Å². The van der Waals surface area contributed by atoms with Crippen molar-refractivity contribution in [2.45, 2.75) is 257 Å². The van der Waals surface area contributed by atoms with Crippen molar-refractivity contribution in [1.29, 1.82) is 0 Å². The molecule has 1 spiro atoms. The molecule has 0 aromatic rings. The molecule has 1 saturated carbocycles. The van der Waals surface area contributed by atoms with Gasteiger partial charge in [0.15, 0.2) is 30.8 Å². The molecule has 80 heavy (non-hydrogen) atoms. The highest BCUT2D eigenvalue weighted by atomic mass is 16.7. The van der Waals surface area contributed by atoms with Crippen LogP contribution in [0.2, 0.25) is 0 Å². The Morgan fingerprint density at radius 3 is 2.05 bits per heavy atom. The lowest BCUT2D eigenvalue weighted by atomic mass is 9.49. The third-order valence-electron chi connectivity index (χ3n) is 19.7. The monoisotopic (exact) mass is 1120 g/mol. The number of hydrogen-bond acceptors (Lipinski definition) is 17. The Labute approximate surface area is 473 Å². The van der Waals surface area contributed by atoms with Crippen LogP contribution in [0.5, 0.6) is 0 Å². The molecule has 1 amide bonds. The van der Waals surface area contributed by atoms with Crippen molar-refractivity contribution < 1.29 is 82.5 Å². The number of ketones is 1. The first kappa shape index (κ1) is 61.2. The van der Waals surface area contributed by atoms with Gasteiger partial charge in [-0.3, -0.25) is 9.59 Å². The van der Waals surface area contributed by atoms with Crippen molar-refractivity contribution in [3.8, 4) is 0 Å². The Bertz CT molecular complexity index is 2410. The number of amides is 1. The maximum atomic E-state index is 15.6. The van der Waals surface area contributed by atoms with Crippen molar-refractivity contribution in [3.63, 3.8) is 0 Å². The normalized spacial score (nSPS) is 49.6. The van der Waals surface area contributed by atoms with E-state index in [1.54, 1.807) is 27.7 Å². The second-order valence-corrected chi connectivity index (χ2v) is 26.0. The third kappa shape index (κ3) is 11.7. The molecule has 0 unspecified atom stereocenters. The van der Waals surface area contributed by atoms with Gasteiger partial charge in [-0.2, -0.15) is 0 Å². The molecule has 18 nitrogen and oxygen atoms in total. The van der Waals surface area contributed by atoms with E-state index in [1.807, 2.05) is 39.8 Å². The number of nitrogens with one attached hydrogen (secondary N) is 1. The van der Waals surface area contributed by atoms with Crippen molar-refractivity contribution >= 4 is 17.7 Å². The number of carbonyl (C=O) groups excluding carboxylic acids is 3. The van der Waals surface area contributed by atoms with E-state index in [0.29, 0.717) is 12.8 Å². The zero-order valence-electron chi connectivity index (χ0n) is 49.3. The molecule has 5 saturated heterocycles. The Hall–Kier alpha value is -3.37. The molecule has 0 radical (unpaired) electrons. The molecule has 6 fully saturated rings. The van der Waals surface area contributed by atoms with E-state index in [9.17, 15) is 35.1 Å². The summed E-state index contributed by atoms with van der Waals surface area (Å²) in [6, 6.07) is -0.667. The second kappa shape index (κ2) is 23.9. The molecule has 0 aromatic heterocycles. The average molecular weight is 1120 g/mol. The molecule has 18 heteroatoms. The van der Waals surface area contributed by atoms with Crippen LogP contribution >= 0.6 is 0 Å². The predicted molar refractivity (Wildman–Crippen MR) is 293 cm³/mol. The number of aliphatic hydroxyl groups excluding tert-OH is 4. The number of ether oxygens (including phenoxy) is 9. The Morgan fingerprint density at radius 2 is 1.39 bits per heavy atom. The highest BCUT2D eigenvalue weighted by Gasteiger charge is 2.63. The van der Waals surface area contributed by atoms with Gasteiger partial charge in [-0.1, -0.05) is 83.1 Å². The minimum absolute atomic E-state index is 0.00302. The van der Waals surface area contributed by atoms with Gasteiger partial charge < -0.3 is 73.5 Å². The number of hydrogen-bond donors (Lipinski definition) is 6. The van der Waals surface area contributed by atoms with E-state index in [1.165, 1.54) is 6.92 Å². The zero-order chi connectivity index (χ0) is 58.1. The lowest BCUT2D eigenvalue weighted by Crippen LogP contribution is -2.62. The summed E-state index contributed by atoms with van der Waals surface area (Å²) in [6.07, 6.45) is 6.23. The minimum Gasteiger partial charge on any atom is -0.511 e. The summed E-state index contributed by atoms with van der Waals surface area (Å²) < 4.78 is 58.2. The molecule has 9 aliphatic rings. The van der Waals surface area contributed by atoms with Gasteiger partial charge in [0.05, 0.1) is 66.6 Å². The highest BCUT2D eigenvalue weighted by molar-refractivity contribution is 6.26. The van der Waals surface area contributed by atoms with Gasteiger partial charge >= 0.3 is 5.97 Å². The van der Waals surface area contributed by atoms with E-state index in [4.69, 9.17) is 42.6 Å². The summed E-state index contributed by atoms with van der Waals surface area (Å²) in [5, 5.41) is 59.6. The number of rotatable bonds is 11. The SMILES string of the molecule is CCC[C@@H]1C=C[C@H]2C=C(C)[C@@H](O[C@H]3C[C@@](C)(O)[C@@H](NC(C)=O)[C@@H](C)O3)[C@H](C)/C=C(/C)[C@H]3C=C[C@@H]4[C@H](O[C@H]5CC[C@H](O[C@@H]6C[C@@H](O)[C@H](O[C@H]7C[C@H](O)[C@H](O)[C@H](C)O7)[C@H](C)O6)[C@H](C)O5)[C@H](C)C[C@H](C)[C@@H]4[C@]3(C)C(O)=C3C(=O)O[C@@]2(C1)C3=O. The molecular weight excluding hydrogens is 1030 g/mol. The number of allylic oxidation sites excluding steroid dienone is 4. The van der Waals surface area contributed by atoms with Crippen molar-refractivity contribution in [2.75, 3.05) is 0 Å². The molecule has 4 aliphatic carbocycles. The van der Waals surface area contributed by atoms with Gasteiger partial charge in [0.1, 0.15) is 23.5 Å². The van der Waals surface area contributed by atoms with E-state index < -0.39 is 126 Å². The quantitative estimate of drug-likeness (QED) is 0.0686. The highest BCUT2D eigenvalue weighted by Crippen LogP contribution is 2.61. The van der Waals surface area contributed by atoms with Crippen molar-refractivity contribution in [2.24, 2.45) is 52.8 Å². The Kier molecular flexibility index (Phi) is 18.3. The number of Topliss-reactive ketones (excluding diaryl/α,β-unsaturated/α-hetero) is 1. The first-order chi connectivity index (χ1) is 37.7. The fourth-order valence-electron chi connectivity index (χ4n) is 15.9. The smallest absolute Gasteiger partial charge is 0.346 e. The second-order valence-electron chi connectivity index (χ2n) is 26.0. The van der Waals surface area contributed by atoms with E-state index in [0.717, 1.165) is 30.4 Å². The molecule has 9 rings (SSSR count). The van der Waals surface area contributed by atoms with Gasteiger partial charge in [-0.15, -0.1) is 0 Å². The predicted octanol–water partition coefficient (Wildman–Crippen LogP) is 7.11. The minimum atomic E-state index is -1.62. The number of esters is 1. The van der Waals surface area contributed by atoms with Crippen LogP contribution < -0.4 is 5.32 Å². The van der Waals surface area contributed by atoms with Gasteiger partial charge in [-0.25, -0.2) is 4.79 Å². The number of aliphatic hydroxyl groups is 5. The number of fused-ring (bicyclic) bond motifs is 4. The lowest BCUT2D eigenvalue weighted by molar-refractivity contribution is -0.328. The van der Waals surface area contributed by atoms with Crippen LogP contribution in [0.1, 0.15) is 148 Å². The molecule has 2 bridgehead atoms. The molecule has 27 atom stereocenters. The Balaban J connectivity index is 0.984. The Morgan fingerprint density at radius 1 is 0.725 bits per heavy atom. The summed E-state index contributed by atoms with van der Waals surface area (Å²) in [5.74, 6) is -3.95. The zero-order valence-corrected chi connectivity index (χ0v) is 49.3. The largest absolute Gasteiger partial charge is 0.511 e. The van der Waals surface area contributed by atoms with Crippen molar-refractivity contribution in [3.05, 3.63) is 58.9 Å². The molecular formula is C62H93NO17. The summed E-state index contributed by atoms with van der Waals surface area (Å²) in [6.45, 7) is 24.8. The van der Waals surface area contributed by atoms with Crippen LogP contribution in [0.3, 0.4) is 0 Å². The van der Waals surface area contributed by atoms with Gasteiger partial charge in [0.25, 0.3) is 0 Å². The first-order valence-corrected chi connectivity index (χ1v) is 29.9. The summed E-state index contributed by atoms with van der Waals surface area (Å²) in [5.41, 5.74) is -2.79. The van der Waals surface area contributed by atoms with E-state index in [2.05, 4.69) is 57.3 Å². The van der Waals surface area contributed by atoms with E-state index in [-0.39, 0.29) is 90.6 Å². The number of carbonyl (C=O) groups is 3. The van der Waals surface area contributed by atoms with E-state index >= 15 is 4.79 Å². The summed E-state index contributed by atoms with van der Waals surface area (Å²) in [7, 11) is 0. The van der Waals surface area contributed by atoms with Gasteiger partial charge in [-0.05, 0) is 97.0 Å². The van der Waals surface area contributed by atoms with Crippen LogP contribution in [0.4, 0.5) is 0 Å². The maximum absolute atomic E-state index is 15.6. The van der Waals surface area contributed by atoms with Crippen LogP contribution in [-0.2, 0) is 57.0 Å². The standard InChI is InChI=1S/C62H93NO17/c1-14-15-39-16-17-40-24-33(6)53(79-49-28-60(12,71)56(37(10)75-49)63-38(11)64)31(4)22-29(2)42-19-18-41-51(61(42,13)57(68)50-58(69)62(40,27-39)80-59(50)70)30(3)23-32(5)54(41)77-46-21-20-45(34(7)72-46)76-47-26-44(66)55(36(9)74-47)78-48-25-43(65)52(67)35(8)73-48/h16-19,22,24,30-32,34-37,39-49,51-56,65-68,71H,14-15,20-21,23,25-28H2,1-13H3,(H,63,64)/b29-22-,33-24?,57-50?/t30-,31+,32+,34-,35-,36-,37+,39+,40-,41-,42+,43-,44+,45-,46-,47+,48-,49-,51-,52+,53-,54+,55+,56-,60+,61+,62+/m0/s1. The maximum Gasteiger partial charge on any atom is 0.346 e. The molecule has 0 aromatic carbocycles. The average Bonchev–Trinajstić information content (AvgIpc) is 3.64. The molecule has 448 valence electrons. The lowest BCUT2D eigenvalue weighted by Gasteiger charge is -2.56. The fourth-order valence-corrected chi connectivity index (χ4v) is 15.9.